The molecule has 55 heteroatoms. The average Bonchev–Trinajstić information content (AvgIpc) is 1.57. The number of aliphatic hydroxyl groups excluding tert-OH is 6. The van der Waals surface area contributed by atoms with Gasteiger partial charge in [-0.1, -0.05) is 0 Å². The van der Waals surface area contributed by atoms with E-state index in [1.807, 2.05) is 41.5 Å². The lowest BCUT2D eigenvalue weighted by Crippen LogP contribution is -2.48. The molecule has 1 aromatic heterocycles. The fraction of sp³-hybridized carbons (Fsp3) is 0.831. The number of methoxy groups -OCH3 is 10. The number of nitrogens with one attached hydrogen (secondary N) is 4. The molecule has 4 unspecified atom stereocenters. The Bertz CT molecular complexity index is 2910. The van der Waals surface area contributed by atoms with Crippen molar-refractivity contribution in [2.75, 3.05) is 320 Å². The summed E-state index contributed by atoms with van der Waals surface area (Å²) in [6.07, 6.45) is -2.91. The quantitative estimate of drug-likeness (QED) is 0.00976. The number of aliphatic hydroxyl groups is 6. The number of carbonyl (C=O) groups is 9. The molecule has 7 rings (SSSR count). The molecule has 10 N–H and O–H groups in total. The first-order valence-corrected chi connectivity index (χ1v) is 40.0. The predicted molar refractivity (Wildman–Crippen MR) is 441 cm³/mol. The average molecular weight is 1830 g/mol. The molecule has 0 spiro atoms. The van der Waals surface area contributed by atoms with E-state index in [9.17, 15) is 68.7 Å². The number of nitrogens with zero attached hydrogens (tertiary/aromatic N) is 18. The fourth-order valence-corrected chi connectivity index (χ4v) is 12.5. The largest absolute Gasteiger partial charge is 0.395 e. The number of aromatic nitrogens is 3. The van der Waals surface area contributed by atoms with Crippen LogP contribution in [0.5, 0.6) is 0 Å². The van der Waals surface area contributed by atoms with Crippen LogP contribution in [-0.2, 0) is 90.4 Å². The Labute approximate surface area is 735 Å². The van der Waals surface area contributed by atoms with Crippen molar-refractivity contribution in [2.24, 2.45) is 0 Å². The van der Waals surface area contributed by atoms with Gasteiger partial charge in [-0.2, -0.15) is 19.8 Å². The van der Waals surface area contributed by atoms with E-state index >= 15 is 0 Å². The van der Waals surface area contributed by atoms with Gasteiger partial charge in [0.1, 0.15) is 125 Å². The zero-order chi connectivity index (χ0) is 94.6. The smallest absolute Gasteiger partial charge is 0.330 e. The number of ether oxygens (including phenoxy) is 16. The van der Waals surface area contributed by atoms with Gasteiger partial charge in [-0.3, -0.25) is 48.9 Å². The standard InChI is InChI=1S/C15H30N6O6.C12H22N4O6.C12H22N4O4.C11H20N2O6.C9H18N2O5.C7H16N2O3.C5H12N2O3/c1-24-9-19(5-7-22)13-16-14(20(6-8-23)10-25-2)18-15(17-13)21(11-26-3)12-27-4;1-21-7-15-10-9(13(3-5-17)11(15)19)14(4-6-18)12(20)16(10)8-22-2;1-5-19-7-15-10-9(13(3)11(15)17)14(4)12(18)16(10)8-20-6-2;1-4-16-7-13-10(17-5-2)9(6-18-19-8-14)12(3)11(13)15;1-15-6-11-8(16-2)7(5-13)10(3-4-12)9(11)14;1-3-11-5-8-7(10)9-6-12-4-2;1-9-3-6-5(8)7-4-10-2/h22-23H,5-12H2,1-4H3;9-10,17-18H,3-8H2,1-2H3;9-10H,5-8H2,1-4H3;8-10H,4-7H2,1-3H3;7-8,12-13H,3-6H2,1-2H3;3-6H2,1-2H3,(H2,8,9,10);3-4H2,1-2H3,(H2,6,7,8). The van der Waals surface area contributed by atoms with E-state index in [2.05, 4.69) is 50.6 Å². The number of hydrogen-bond acceptors (Lipinski definition) is 39. The van der Waals surface area contributed by atoms with Gasteiger partial charge in [0.2, 0.25) is 17.8 Å². The Hall–Kier alpha value is -8.88. The molecule has 0 aromatic carbocycles. The first kappa shape index (κ1) is 115. The molecule has 7 heterocycles. The summed E-state index contributed by atoms with van der Waals surface area (Å²) in [6, 6.07) is -2.89. The fourth-order valence-electron chi connectivity index (χ4n) is 12.5. The zero-order valence-electron chi connectivity index (χ0n) is 76.1. The third-order valence-electron chi connectivity index (χ3n) is 17.9. The maximum atomic E-state index is 12.5. The zero-order valence-corrected chi connectivity index (χ0v) is 76.1. The van der Waals surface area contributed by atoms with Gasteiger partial charge < -0.3 is 162 Å². The minimum atomic E-state index is -0.593. The molecule has 16 amide bonds. The van der Waals surface area contributed by atoms with Gasteiger partial charge in [0.25, 0.3) is 0 Å². The first-order valence-electron chi connectivity index (χ1n) is 40.0. The van der Waals surface area contributed by atoms with Gasteiger partial charge in [0.05, 0.1) is 39.6 Å². The number of carbonyl (C=O) groups excluding carboxylic acids is 9. The maximum Gasteiger partial charge on any atom is 0.330 e. The summed E-state index contributed by atoms with van der Waals surface area (Å²) < 4.78 is 81.4. The molecule has 0 saturated carbocycles. The van der Waals surface area contributed by atoms with Crippen molar-refractivity contribution >= 4 is 72.6 Å². The number of anilines is 3. The molecule has 0 bridgehead atoms. The van der Waals surface area contributed by atoms with Crippen molar-refractivity contribution < 1.29 is 159 Å². The highest BCUT2D eigenvalue weighted by Crippen LogP contribution is 2.36. The van der Waals surface area contributed by atoms with Gasteiger partial charge in [0.15, 0.2) is 24.8 Å². The highest BCUT2D eigenvalue weighted by molar-refractivity contribution is 5.86. The minimum absolute atomic E-state index is 0.0163. The lowest BCUT2D eigenvalue weighted by molar-refractivity contribution is -0.268. The molecule has 55 nitrogen and oxygen atoms in total. The van der Waals surface area contributed by atoms with Gasteiger partial charge in [-0.25, -0.2) is 38.4 Å². The van der Waals surface area contributed by atoms with Crippen LogP contribution in [0, 0.1) is 0 Å². The summed E-state index contributed by atoms with van der Waals surface area (Å²) in [6.45, 7) is 16.7. The number of β-amino-alcohol motifs (C(OH)–C–C–N with tert-alkyl or cyclic N) is 3. The minimum Gasteiger partial charge on any atom is -0.395 e. The van der Waals surface area contributed by atoms with E-state index in [1.54, 1.807) is 83.9 Å². The van der Waals surface area contributed by atoms with Crippen LogP contribution in [0.4, 0.5) is 56.2 Å². The van der Waals surface area contributed by atoms with Crippen LogP contribution in [0.15, 0.2) is 0 Å². The summed E-state index contributed by atoms with van der Waals surface area (Å²) in [5.74, 6) is 0.932. The normalized spacial score (nSPS) is 19.1. The Morgan fingerprint density at radius 1 is 0.373 bits per heavy atom. The molecule has 126 heavy (non-hydrogen) atoms. The summed E-state index contributed by atoms with van der Waals surface area (Å²) >= 11 is 0. The van der Waals surface area contributed by atoms with Gasteiger partial charge in [0, 0.05) is 165 Å². The van der Waals surface area contributed by atoms with Crippen molar-refractivity contribution in [3.8, 4) is 0 Å². The van der Waals surface area contributed by atoms with Gasteiger partial charge >= 0.3 is 54.7 Å². The number of fused-ring (bicyclic) bond motifs is 2. The van der Waals surface area contributed by atoms with E-state index < -0.39 is 30.8 Å². The van der Waals surface area contributed by atoms with Crippen molar-refractivity contribution in [3.63, 3.8) is 0 Å². The predicted octanol–water partition coefficient (Wildman–Crippen LogP) is -4.04. The third-order valence-corrected chi connectivity index (χ3v) is 17.9. The molecule has 6 saturated heterocycles. The van der Waals surface area contributed by atoms with Crippen molar-refractivity contribution in [2.45, 2.75) is 90.7 Å². The monoisotopic (exact) mass is 1830 g/mol. The number of likely N-dealkylation sites (N-methyl/N-ethyl adjacent to an activating group) is 3. The Kier molecular flexibility index (Phi) is 61.6. The number of hydrogen-bond donors (Lipinski definition) is 10. The molecular formula is C71H140N22O33. The Morgan fingerprint density at radius 3 is 1.07 bits per heavy atom. The number of amides is 16. The van der Waals surface area contributed by atoms with Crippen molar-refractivity contribution in [1.82, 2.24) is 95.0 Å². The van der Waals surface area contributed by atoms with E-state index in [-0.39, 0.29) is 246 Å². The lowest BCUT2D eigenvalue weighted by Gasteiger charge is -2.28. The van der Waals surface area contributed by atoms with Crippen molar-refractivity contribution in [1.29, 1.82) is 0 Å². The van der Waals surface area contributed by atoms with E-state index in [0.29, 0.717) is 57.5 Å². The molecular weight excluding hydrogens is 1690 g/mol. The van der Waals surface area contributed by atoms with Crippen LogP contribution in [0.2, 0.25) is 0 Å². The summed E-state index contributed by atoms with van der Waals surface area (Å²) in [5.41, 5.74) is 0. The van der Waals surface area contributed by atoms with Crippen molar-refractivity contribution in [3.05, 3.63) is 0 Å². The molecule has 6 fully saturated rings. The maximum absolute atomic E-state index is 12.5. The number of rotatable bonds is 54. The van der Waals surface area contributed by atoms with E-state index in [0.717, 1.165) is 0 Å². The third kappa shape index (κ3) is 35.6. The Balaban J connectivity index is 0.000000749. The summed E-state index contributed by atoms with van der Waals surface area (Å²) in [4.78, 5) is 150. The van der Waals surface area contributed by atoms with Crippen LogP contribution >= 0.6 is 0 Å². The van der Waals surface area contributed by atoms with Crippen LogP contribution in [0.3, 0.4) is 0 Å². The number of urea groups is 8. The van der Waals surface area contributed by atoms with Gasteiger partial charge in [-0.05, 0) is 41.5 Å². The highest BCUT2D eigenvalue weighted by atomic mass is 17.2. The van der Waals surface area contributed by atoms with Crippen LogP contribution in [0.25, 0.3) is 0 Å². The molecule has 6 aliphatic rings. The second kappa shape index (κ2) is 67.4. The van der Waals surface area contributed by atoms with Crippen LogP contribution in [-0.4, -0.2) is 513 Å². The lowest BCUT2D eigenvalue weighted by atomic mass is 10.2. The highest BCUT2D eigenvalue weighted by Gasteiger charge is 2.60. The molecule has 1 aromatic rings. The first-order chi connectivity index (χ1) is 60.8. The van der Waals surface area contributed by atoms with E-state index in [4.69, 9.17) is 76.3 Å². The molecule has 6 aliphatic heterocycles. The molecule has 4 atom stereocenters. The topological polar surface area (TPSA) is 577 Å². The summed E-state index contributed by atoms with van der Waals surface area (Å²) in [5, 5.41) is 65.0. The van der Waals surface area contributed by atoms with Crippen LogP contribution in [0.1, 0.15) is 41.5 Å². The molecule has 0 radical (unpaired) electrons. The van der Waals surface area contributed by atoms with Gasteiger partial charge in [-0.15, -0.1) is 0 Å². The SMILES string of the molecule is CCOCN1C(=O)N(C)C(COOC=O)C1OCC.CCOCN1C(=O)N(C)C2C1N(COCC)C(=O)N2C.CCOCNC(=O)NCOCC.COCN(CCO)c1nc(N(CCO)COC)nc(N(COC)COC)n1.COCN1C(=O)N(CCO)C(CO)C1OC.COCN1C(=O)N(CCO)C2C1N(COC)C(=O)N2CCO.COCNC(=O)NCOC. The molecule has 732 valence electrons. The second-order valence-electron chi connectivity index (χ2n) is 26.1. The molecule has 0 aliphatic carbocycles. The summed E-state index contributed by atoms with van der Waals surface area (Å²) in [7, 11) is 20.1. The van der Waals surface area contributed by atoms with Crippen LogP contribution < -0.4 is 36.0 Å². The van der Waals surface area contributed by atoms with E-state index in [1.165, 1.54) is 81.9 Å². The Morgan fingerprint density at radius 2 is 0.714 bits per heavy atom. The second-order valence-corrected chi connectivity index (χ2v) is 26.1.